The quantitative estimate of drug-likeness (QED) is 0.251. The Morgan fingerprint density at radius 1 is 1.25 bits per heavy atom. The number of fused-ring (bicyclic) bond motifs is 1. The van der Waals surface area contributed by atoms with Crippen molar-refractivity contribution in [1.29, 1.82) is 0 Å². The lowest BCUT2D eigenvalue weighted by Crippen LogP contribution is -2.37. The summed E-state index contributed by atoms with van der Waals surface area (Å²) >= 11 is 1.04. The number of thioether (sulfide) groups is 1. The van der Waals surface area contributed by atoms with Crippen molar-refractivity contribution in [2.45, 2.75) is 17.0 Å². The average molecular weight is 462 g/mol. The Hall–Kier alpha value is -3.52. The molecule has 0 unspecified atom stereocenters. The van der Waals surface area contributed by atoms with Crippen molar-refractivity contribution in [2.24, 2.45) is 14.1 Å². The molecule has 11 heteroatoms. The van der Waals surface area contributed by atoms with Crippen molar-refractivity contribution in [1.82, 2.24) is 19.1 Å². The molecule has 1 aromatic carbocycles. The van der Waals surface area contributed by atoms with E-state index in [9.17, 15) is 22.8 Å². The number of ether oxygens (including phenoxy) is 1. The van der Waals surface area contributed by atoms with E-state index in [-0.39, 0.29) is 33.4 Å². The second kappa shape index (κ2) is 8.92. The summed E-state index contributed by atoms with van der Waals surface area (Å²) in [7, 11) is 4.12. The van der Waals surface area contributed by atoms with Crippen molar-refractivity contribution in [3.8, 4) is 12.3 Å². The molecular weight excluding hydrogens is 445 g/mol. The highest BCUT2D eigenvalue weighted by Gasteiger charge is 2.30. The minimum absolute atomic E-state index is 0.0349. The van der Waals surface area contributed by atoms with E-state index < -0.39 is 23.0 Å². The van der Waals surface area contributed by atoms with Crippen LogP contribution < -0.4 is 11.2 Å². The van der Waals surface area contributed by atoms with Crippen LogP contribution >= 0.6 is 11.8 Å². The number of hydrogen-bond donors (Lipinski definition) is 0. The van der Waals surface area contributed by atoms with Gasteiger partial charge in [-0.05, 0) is 11.6 Å². The highest BCUT2D eigenvalue weighted by molar-refractivity contribution is 7.98. The Morgan fingerprint density at radius 2 is 1.97 bits per heavy atom. The summed E-state index contributed by atoms with van der Waals surface area (Å²) in [6, 6.07) is 4.86. The third kappa shape index (κ3) is 4.40. The third-order valence-corrected chi connectivity index (χ3v) is 5.60. The number of alkyl halides is 3. The zero-order valence-corrected chi connectivity index (χ0v) is 18.0. The van der Waals surface area contributed by atoms with Gasteiger partial charge in [-0.15, -0.1) is 18.2 Å². The van der Waals surface area contributed by atoms with Crippen LogP contribution in [-0.4, -0.2) is 26.2 Å². The van der Waals surface area contributed by atoms with Gasteiger partial charge < -0.3 is 4.74 Å². The van der Waals surface area contributed by atoms with E-state index in [0.717, 1.165) is 28.5 Å². The third-order valence-electron chi connectivity index (χ3n) is 4.55. The average Bonchev–Trinajstić information content (AvgIpc) is 2.77. The van der Waals surface area contributed by atoms with Crippen LogP contribution in [-0.2, 0) is 30.8 Å². The van der Waals surface area contributed by atoms with E-state index in [0.29, 0.717) is 5.56 Å². The Morgan fingerprint density at radius 3 is 2.59 bits per heavy atom. The number of rotatable bonds is 5. The number of benzene rings is 1. The molecule has 2 heterocycles. The van der Waals surface area contributed by atoms with Gasteiger partial charge in [0.05, 0.1) is 12.7 Å². The molecule has 0 N–H and O–H groups in total. The Balaban J connectivity index is 2.19. The summed E-state index contributed by atoms with van der Waals surface area (Å²) < 4.78 is 46.4. The van der Waals surface area contributed by atoms with Crippen LogP contribution in [0.5, 0.6) is 0 Å². The molecule has 7 nitrogen and oxygen atoms in total. The van der Waals surface area contributed by atoms with Crippen LogP contribution in [0, 0.1) is 12.3 Å². The van der Waals surface area contributed by atoms with Crippen molar-refractivity contribution in [3.05, 3.63) is 68.1 Å². The van der Waals surface area contributed by atoms with Gasteiger partial charge in [0, 0.05) is 25.9 Å². The number of aryl methyl sites for hydroxylation is 1. The normalized spacial score (nSPS) is 12.1. The molecule has 0 saturated heterocycles. The zero-order valence-electron chi connectivity index (χ0n) is 17.2. The first-order valence-electron chi connectivity index (χ1n) is 9.05. The first-order valence-corrected chi connectivity index (χ1v) is 10.0. The van der Waals surface area contributed by atoms with Crippen LogP contribution in [0.4, 0.5) is 13.2 Å². The molecule has 0 atom stereocenters. The SMILES string of the molecule is C#C/C=C(\OC)c1nc(SCc2cccc(C(F)(F)F)c2)c2c(=O)n(C)c(=O)n(C)c2n1. The number of methoxy groups -OCH3 is 1. The molecule has 0 amide bonds. The van der Waals surface area contributed by atoms with Crippen LogP contribution in [0.2, 0.25) is 0 Å². The van der Waals surface area contributed by atoms with E-state index in [1.54, 1.807) is 6.07 Å². The molecule has 3 aromatic rings. The predicted octanol–water partition coefficient (Wildman–Crippen LogP) is 2.96. The molecule has 3 rings (SSSR count). The number of hydrogen-bond acceptors (Lipinski definition) is 6. The largest absolute Gasteiger partial charge is 0.492 e. The molecule has 0 bridgehead atoms. The maximum Gasteiger partial charge on any atom is 0.416 e. The molecule has 166 valence electrons. The van der Waals surface area contributed by atoms with E-state index in [2.05, 4.69) is 15.9 Å². The molecule has 0 fully saturated rings. The topological polar surface area (TPSA) is 79.0 Å². The summed E-state index contributed by atoms with van der Waals surface area (Å²) in [5.74, 6) is 2.54. The molecule has 2 aromatic heterocycles. The van der Waals surface area contributed by atoms with Crippen molar-refractivity contribution in [3.63, 3.8) is 0 Å². The van der Waals surface area contributed by atoms with E-state index >= 15 is 0 Å². The summed E-state index contributed by atoms with van der Waals surface area (Å²) in [6.07, 6.45) is 2.11. The lowest BCUT2D eigenvalue weighted by molar-refractivity contribution is -0.137. The predicted molar refractivity (Wildman–Crippen MR) is 115 cm³/mol. The molecule has 0 radical (unpaired) electrons. The number of halogens is 3. The fourth-order valence-corrected chi connectivity index (χ4v) is 3.88. The molecule has 0 aliphatic heterocycles. The zero-order chi connectivity index (χ0) is 23.6. The van der Waals surface area contributed by atoms with Gasteiger partial charge in [-0.2, -0.15) is 13.2 Å². The Labute approximate surface area is 184 Å². The van der Waals surface area contributed by atoms with Gasteiger partial charge in [0.2, 0.25) is 0 Å². The van der Waals surface area contributed by atoms with E-state index in [4.69, 9.17) is 11.2 Å². The van der Waals surface area contributed by atoms with E-state index in [1.807, 2.05) is 0 Å². The lowest BCUT2D eigenvalue weighted by atomic mass is 10.1. The molecule has 0 spiro atoms. The van der Waals surface area contributed by atoms with Crippen LogP contribution in [0.1, 0.15) is 17.0 Å². The number of allylic oxidation sites excluding steroid dienone is 1. The van der Waals surface area contributed by atoms with Crippen LogP contribution in [0.15, 0.2) is 45.0 Å². The molecule has 0 saturated carbocycles. The van der Waals surface area contributed by atoms with Gasteiger partial charge in [0.25, 0.3) is 5.56 Å². The standard InChI is InChI=1S/C21H17F3N4O3S/c1-5-7-14(31-4)16-25-17-15(19(29)28(3)20(30)27(17)2)18(26-16)32-11-12-8-6-9-13(10-12)21(22,23)24/h1,6-10H,11H2,2-4H3/b14-7-. The lowest BCUT2D eigenvalue weighted by Gasteiger charge is -2.13. The van der Waals surface area contributed by atoms with Gasteiger partial charge in [-0.25, -0.2) is 14.8 Å². The van der Waals surface area contributed by atoms with Gasteiger partial charge in [0.1, 0.15) is 10.4 Å². The maximum absolute atomic E-state index is 13.0. The Kier molecular flexibility index (Phi) is 6.45. The summed E-state index contributed by atoms with van der Waals surface area (Å²) in [4.78, 5) is 33.8. The molecule has 0 aliphatic rings. The molecular formula is C21H17F3N4O3S. The number of nitrogens with zero attached hydrogens (tertiary/aromatic N) is 4. The fraction of sp³-hybridized carbons (Fsp3) is 0.238. The second-order valence-corrected chi connectivity index (χ2v) is 7.59. The smallest absolute Gasteiger partial charge is 0.416 e. The van der Waals surface area contributed by atoms with Crippen molar-refractivity contribution >= 4 is 28.6 Å². The fourth-order valence-electron chi connectivity index (χ4n) is 2.92. The van der Waals surface area contributed by atoms with Gasteiger partial charge >= 0.3 is 11.9 Å². The Bertz CT molecular complexity index is 1380. The second-order valence-electron chi connectivity index (χ2n) is 6.62. The monoisotopic (exact) mass is 462 g/mol. The first kappa shape index (κ1) is 23.1. The highest BCUT2D eigenvalue weighted by atomic mass is 32.2. The first-order chi connectivity index (χ1) is 15.1. The van der Waals surface area contributed by atoms with Crippen molar-refractivity contribution < 1.29 is 17.9 Å². The van der Waals surface area contributed by atoms with Gasteiger partial charge in [0.15, 0.2) is 17.2 Å². The summed E-state index contributed by atoms with van der Waals surface area (Å²) in [5, 5.41) is 0.241. The minimum atomic E-state index is -4.48. The van der Waals surface area contributed by atoms with Gasteiger partial charge in [-0.3, -0.25) is 13.9 Å². The minimum Gasteiger partial charge on any atom is -0.492 e. The van der Waals surface area contributed by atoms with Crippen LogP contribution in [0.3, 0.4) is 0 Å². The van der Waals surface area contributed by atoms with E-state index in [1.165, 1.54) is 37.9 Å². The van der Waals surface area contributed by atoms with Crippen molar-refractivity contribution in [2.75, 3.05) is 7.11 Å². The highest BCUT2D eigenvalue weighted by Crippen LogP contribution is 2.32. The molecule has 0 aliphatic carbocycles. The van der Waals surface area contributed by atoms with Gasteiger partial charge in [-0.1, -0.05) is 24.1 Å². The maximum atomic E-state index is 13.0. The summed E-state index contributed by atoms with van der Waals surface area (Å²) in [6.45, 7) is 0. The van der Waals surface area contributed by atoms with Crippen LogP contribution in [0.25, 0.3) is 16.8 Å². The number of terminal acetylenes is 1. The summed E-state index contributed by atoms with van der Waals surface area (Å²) in [5.41, 5.74) is -1.57. The number of aromatic nitrogens is 4. The molecule has 32 heavy (non-hydrogen) atoms.